The molecule has 0 aliphatic carbocycles. The highest BCUT2D eigenvalue weighted by Crippen LogP contribution is 2.46. The van der Waals surface area contributed by atoms with E-state index >= 15 is 4.39 Å². The number of H-pyrrole nitrogens is 1. The molecule has 35 heteroatoms. The van der Waals surface area contributed by atoms with Crippen molar-refractivity contribution in [2.45, 2.75) is 237 Å². The average molecular weight is 1760 g/mol. The second-order valence-corrected chi connectivity index (χ2v) is 41.9. The molecule has 1 amide bonds. The van der Waals surface area contributed by atoms with Crippen molar-refractivity contribution in [3.8, 4) is 65.7 Å². The van der Waals surface area contributed by atoms with Crippen molar-refractivity contribution in [1.29, 1.82) is 0 Å². The lowest BCUT2D eigenvalue weighted by Gasteiger charge is -2.48. The van der Waals surface area contributed by atoms with Crippen molar-refractivity contribution >= 4 is 100 Å². The Morgan fingerprint density at radius 2 is 0.917 bits per heavy atom. The van der Waals surface area contributed by atoms with E-state index in [1.807, 2.05) is 73.9 Å². The van der Waals surface area contributed by atoms with Crippen LogP contribution in [0.2, 0.25) is 10.0 Å². The molecule has 0 saturated carbocycles. The van der Waals surface area contributed by atoms with E-state index in [1.165, 1.54) is 48.2 Å². The van der Waals surface area contributed by atoms with Crippen LogP contribution in [-0.4, -0.2) is 199 Å². The number of amides is 1. The number of ether oxygens (including phenoxy) is 2. The van der Waals surface area contributed by atoms with E-state index in [2.05, 4.69) is 239 Å². The molecule has 0 spiro atoms. The lowest BCUT2D eigenvalue weighted by Crippen LogP contribution is -2.61. The smallest absolute Gasteiger partial charge is 0.260 e. The van der Waals surface area contributed by atoms with E-state index in [4.69, 9.17) is 32.7 Å². The fourth-order valence-electron chi connectivity index (χ4n) is 18.4. The Hall–Kier alpha value is -8.77. The van der Waals surface area contributed by atoms with Gasteiger partial charge in [0.2, 0.25) is 25.7 Å². The van der Waals surface area contributed by atoms with Gasteiger partial charge in [-0.1, -0.05) is 73.8 Å². The van der Waals surface area contributed by atoms with Crippen LogP contribution < -0.4 is 55.2 Å². The third kappa shape index (κ3) is 20.8. The van der Waals surface area contributed by atoms with Crippen molar-refractivity contribution in [1.82, 2.24) is 97.0 Å². The second-order valence-electron chi connectivity index (χ2n) is 37.3. The highest BCUT2D eigenvalue weighted by molar-refractivity contribution is 7.19. The molecule has 5 N–H and O–H groups in total. The summed E-state index contributed by atoms with van der Waals surface area (Å²) >= 11 is 19.0. The fraction of sp³-hybridized carbons (Fsp3) is 0.518. The number of aromatic nitrogens is 15. The van der Waals surface area contributed by atoms with Crippen LogP contribution in [0.25, 0.3) is 54.2 Å². The van der Waals surface area contributed by atoms with Crippen molar-refractivity contribution in [2.75, 3.05) is 73.5 Å². The van der Waals surface area contributed by atoms with Gasteiger partial charge in [0.15, 0.2) is 26.7 Å². The Morgan fingerprint density at radius 3 is 1.32 bits per heavy atom. The molecule has 5 aliphatic rings. The van der Waals surface area contributed by atoms with Gasteiger partial charge in [0.25, 0.3) is 5.91 Å². The number of rotatable bonds is 17. The number of carbonyl (C=O) groups is 1. The number of methoxy groups -OCH3 is 2. The molecule has 642 valence electrons. The maximum atomic E-state index is 15.2. The zero-order chi connectivity index (χ0) is 86.6. The quantitative estimate of drug-likeness (QED) is 0.0566. The number of fused-ring (bicyclic) bond motifs is 1. The molecule has 16 rings (SSSR count). The number of nitrogens with zero attached hydrogens (tertiary/aromatic N) is 19. The number of hydrogen-bond donors (Lipinski definition) is 5. The number of halogens is 4. The van der Waals surface area contributed by atoms with Gasteiger partial charge < -0.3 is 50.3 Å². The van der Waals surface area contributed by atoms with Gasteiger partial charge in [0.05, 0.1) is 59.8 Å². The molecule has 7 aromatic heterocycles. The van der Waals surface area contributed by atoms with Gasteiger partial charge in [-0.25, -0.2) is 18.1 Å². The fourth-order valence-corrected chi connectivity index (χ4v) is 22.7. The summed E-state index contributed by atoms with van der Waals surface area (Å²) < 4.78 is 44.3. The van der Waals surface area contributed by atoms with E-state index in [1.54, 1.807) is 62.6 Å². The minimum Gasteiger partial charge on any atom is -0.497 e. The number of nitrogens with one attached hydrogen (secondary N) is 5. The molecule has 0 radical (unpaired) electrons. The Bertz CT molecular complexity index is 5150. The van der Waals surface area contributed by atoms with Gasteiger partial charge in [-0.3, -0.25) is 14.8 Å². The molecule has 0 atom stereocenters. The van der Waals surface area contributed by atoms with Crippen LogP contribution in [-0.2, 0) is 6.42 Å². The van der Waals surface area contributed by atoms with Crippen LogP contribution in [0.15, 0.2) is 104 Å². The van der Waals surface area contributed by atoms with Crippen LogP contribution in [0.1, 0.15) is 178 Å². The molecular formula is C85H112Cl2F2N24O3S4. The predicted octanol–water partition coefficient (Wildman–Crippen LogP) is 17.1. The molecular weight excluding hydrogens is 1640 g/mol. The second kappa shape index (κ2) is 34.9. The van der Waals surface area contributed by atoms with E-state index in [0.29, 0.717) is 56.1 Å². The maximum absolute atomic E-state index is 15.2. The van der Waals surface area contributed by atoms with Crippen LogP contribution >= 0.6 is 68.5 Å². The summed E-state index contributed by atoms with van der Waals surface area (Å²) in [5, 5.41) is 75.7. The maximum Gasteiger partial charge on any atom is 0.260 e. The third-order valence-corrected chi connectivity index (χ3v) is 27.4. The Kier molecular flexibility index (Phi) is 25.9. The number of carbonyl (C=O) groups excluding carboxylic acids is 1. The SMILES string of the molecule is CN(c1nnc(-c2ccc(-n3cccn3)cc2Cl)s1)C1CC(C)(C)NC(C)(C)C1.CN(c1nnc(-c2ccc(-n3ccnn3)cc2Cl)s1)C1CC(C)(C)NC(C)(C)C1.COc1cc(-c2cn[nH]c2)c(F)c(F)c1-c1nnc(N(C)C2CC(C)(C)NC(C)(C)C2)s1.COc1ccc2c(c1)CCN(c1nnc(N(C)C3CC(C)(C)NC(C)(C)C3)s1)C2=O. The summed E-state index contributed by atoms with van der Waals surface area (Å²) in [6.07, 6.45) is 18.9. The summed E-state index contributed by atoms with van der Waals surface area (Å²) in [6, 6.07) is 22.0. The summed E-state index contributed by atoms with van der Waals surface area (Å²) in [4.78, 5) is 23.7. The van der Waals surface area contributed by atoms with Crippen molar-refractivity contribution in [3.05, 3.63) is 137 Å². The van der Waals surface area contributed by atoms with Crippen LogP contribution in [0.3, 0.4) is 0 Å². The largest absolute Gasteiger partial charge is 0.497 e. The van der Waals surface area contributed by atoms with E-state index in [0.717, 1.165) is 117 Å². The monoisotopic (exact) mass is 1750 g/mol. The number of hydrogen-bond acceptors (Lipinski definition) is 27. The Morgan fingerprint density at radius 1 is 0.483 bits per heavy atom. The van der Waals surface area contributed by atoms with Crippen molar-refractivity contribution in [3.63, 3.8) is 0 Å². The Balaban J connectivity index is 0.000000138. The third-order valence-electron chi connectivity index (χ3n) is 22.6. The molecule has 27 nitrogen and oxygen atoms in total. The number of piperidine rings is 4. The van der Waals surface area contributed by atoms with Gasteiger partial charge in [0.1, 0.15) is 11.5 Å². The van der Waals surface area contributed by atoms with Crippen LogP contribution in [0, 0.1) is 11.6 Å². The number of benzene rings is 4. The van der Waals surface area contributed by atoms with Crippen molar-refractivity contribution < 1.29 is 23.0 Å². The first kappa shape index (κ1) is 89.0. The van der Waals surface area contributed by atoms with Gasteiger partial charge in [-0.2, -0.15) is 10.2 Å². The molecule has 4 aromatic carbocycles. The number of aromatic amines is 1. The zero-order valence-electron chi connectivity index (χ0n) is 72.6. The van der Waals surface area contributed by atoms with Crippen LogP contribution in [0.5, 0.6) is 11.5 Å². The summed E-state index contributed by atoms with van der Waals surface area (Å²) in [5.74, 6) is -1.05. The van der Waals surface area contributed by atoms with E-state index in [-0.39, 0.29) is 78.1 Å². The standard InChI is InChI=1S/C22H28F2N6OS.C22H31N5O2S.C21H27ClN6S.C20H26ClN7S/c1-21(2)8-13(9-22(3,4)29-21)30(5)20-28-27-19(32-20)16-15(31-6)7-14(17(23)18(16)24)12-10-25-26-11-12;1-21(2)12-15(13-22(3,4)25-21)26(5)19-23-24-20(30-19)27-10-9-14-11-16(29-6)7-8-17(14)18(27)28;1-20(2)12-15(13-21(3,4)26-20)27(5)19-25-24-18(29-19)16-8-7-14(11-17(16)22)28-10-6-9-23-28;1-19(2)11-14(12-20(3,4)25-19)27(5)18-24-23-17(29-18)15-7-6-13(10-16(15)21)28-9-8-22-26-28/h7,10-11,13,29H,8-9H2,1-6H3,(H,25,26);7-8,11,15,25H,9-10,12-13H2,1-6H3;6-11,15,26H,12-13H2,1-5H3;6-10,14,25H,11-12H2,1-5H3. The molecule has 4 fully saturated rings. The van der Waals surface area contributed by atoms with E-state index < -0.39 is 11.6 Å². The number of anilines is 5. The first-order valence-corrected chi connectivity index (χ1v) is 44.3. The van der Waals surface area contributed by atoms with Gasteiger partial charge in [-0.05, 0) is 241 Å². The predicted molar refractivity (Wildman–Crippen MR) is 481 cm³/mol. The molecule has 12 heterocycles. The molecule has 11 aromatic rings. The molecule has 4 saturated heterocycles. The normalized spacial score (nSPS) is 19.0. The van der Waals surface area contributed by atoms with Gasteiger partial charge in [0, 0.05) is 150 Å². The van der Waals surface area contributed by atoms with Gasteiger partial charge in [-0.15, -0.1) is 45.9 Å². The van der Waals surface area contributed by atoms with Gasteiger partial charge >= 0.3 is 0 Å². The molecule has 0 bridgehead atoms. The minimum atomic E-state index is -1.02. The van der Waals surface area contributed by atoms with Crippen LogP contribution in [0.4, 0.5) is 34.4 Å². The van der Waals surface area contributed by atoms with E-state index in [9.17, 15) is 9.18 Å². The highest BCUT2D eigenvalue weighted by atomic mass is 35.5. The lowest BCUT2D eigenvalue weighted by atomic mass is 9.79. The molecule has 0 unspecified atom stereocenters. The highest BCUT2D eigenvalue weighted by Gasteiger charge is 2.45. The first-order valence-electron chi connectivity index (χ1n) is 40.3. The summed E-state index contributed by atoms with van der Waals surface area (Å²) in [6.45, 7) is 36.4. The minimum absolute atomic E-state index is 0.0200. The topological polar surface area (TPSA) is 280 Å². The summed E-state index contributed by atoms with van der Waals surface area (Å²) in [7, 11) is 11.4. The zero-order valence-corrected chi connectivity index (χ0v) is 77.3. The Labute approximate surface area is 728 Å². The van der Waals surface area contributed by atoms with Crippen molar-refractivity contribution in [2.24, 2.45) is 0 Å². The first-order chi connectivity index (χ1) is 56.4. The lowest BCUT2D eigenvalue weighted by molar-refractivity contribution is 0.0980. The average Bonchev–Trinajstić information content (AvgIpc) is 1.51. The molecule has 5 aliphatic heterocycles. The summed E-state index contributed by atoms with van der Waals surface area (Å²) in [5.41, 5.74) is 6.13. The molecule has 120 heavy (non-hydrogen) atoms.